The maximum atomic E-state index is 12.7. The fourth-order valence-corrected chi connectivity index (χ4v) is 4.56. The van der Waals surface area contributed by atoms with Crippen molar-refractivity contribution in [3.63, 3.8) is 0 Å². The predicted molar refractivity (Wildman–Crippen MR) is 130 cm³/mol. The molecule has 174 valence electrons. The average molecular weight is 466 g/mol. The number of carbonyl (C=O) groups excluding carboxylic acids is 1. The third-order valence-corrected chi connectivity index (χ3v) is 6.41. The molecule has 5 aromatic rings. The van der Waals surface area contributed by atoms with Crippen molar-refractivity contribution in [2.45, 2.75) is 32.8 Å². The first-order chi connectivity index (χ1) is 17.1. The Balaban J connectivity index is 1.30. The zero-order chi connectivity index (χ0) is 23.9. The monoisotopic (exact) mass is 465 g/mol. The van der Waals surface area contributed by atoms with Crippen molar-refractivity contribution in [1.29, 1.82) is 0 Å². The van der Waals surface area contributed by atoms with E-state index >= 15 is 0 Å². The molecule has 6 rings (SSSR count). The molecule has 4 heterocycles. The van der Waals surface area contributed by atoms with Gasteiger partial charge in [-0.1, -0.05) is 36.4 Å². The van der Waals surface area contributed by atoms with Crippen molar-refractivity contribution in [3.05, 3.63) is 94.9 Å². The molecule has 0 fully saturated rings. The van der Waals surface area contributed by atoms with Gasteiger partial charge in [0.25, 0.3) is 0 Å². The molecule has 0 saturated heterocycles. The lowest BCUT2D eigenvalue weighted by Crippen LogP contribution is -2.25. The molecule has 3 aromatic heterocycles. The molecule has 1 atom stereocenters. The zero-order valence-corrected chi connectivity index (χ0v) is 19.3. The van der Waals surface area contributed by atoms with E-state index in [0.29, 0.717) is 30.3 Å². The minimum Gasteiger partial charge on any atom is -0.489 e. The number of aromatic nitrogens is 6. The summed E-state index contributed by atoms with van der Waals surface area (Å²) in [6, 6.07) is 19.8. The second-order valence-electron chi connectivity index (χ2n) is 8.67. The number of ether oxygens (including phenoxy) is 1. The summed E-state index contributed by atoms with van der Waals surface area (Å²) in [5.41, 5.74) is 5.87. The third-order valence-electron chi connectivity index (χ3n) is 6.41. The van der Waals surface area contributed by atoms with Gasteiger partial charge < -0.3 is 10.1 Å². The molecular weight excluding hydrogens is 442 g/mol. The number of carbonyl (C=O) groups is 1. The number of hydrogen-bond donors (Lipinski definition) is 1. The van der Waals surface area contributed by atoms with Crippen LogP contribution in [0.3, 0.4) is 0 Å². The molecule has 2 aromatic carbocycles. The molecule has 9 heteroatoms. The molecule has 1 N–H and O–H groups in total. The second kappa shape index (κ2) is 8.35. The summed E-state index contributed by atoms with van der Waals surface area (Å²) in [4.78, 5) is 12.7. The number of benzene rings is 2. The number of aryl methyl sites for hydroxylation is 2. The van der Waals surface area contributed by atoms with Crippen LogP contribution in [0.15, 0.2) is 67.0 Å². The third kappa shape index (κ3) is 3.80. The van der Waals surface area contributed by atoms with Crippen LogP contribution in [0.1, 0.15) is 40.3 Å². The highest BCUT2D eigenvalue weighted by atomic mass is 16.5. The van der Waals surface area contributed by atoms with E-state index in [4.69, 9.17) is 9.84 Å². The Morgan fingerprint density at radius 1 is 1.03 bits per heavy atom. The lowest BCUT2D eigenvalue weighted by Gasteiger charge is -2.24. The van der Waals surface area contributed by atoms with E-state index in [2.05, 4.69) is 39.7 Å². The van der Waals surface area contributed by atoms with E-state index in [9.17, 15) is 4.79 Å². The molecule has 0 saturated carbocycles. The number of nitrogens with one attached hydrogen (secondary N) is 1. The SMILES string of the molecule is Cc1ccccc1COc1ccc([C@H]2CC(=O)Nc3c2c(C)nn3-c2ccc3nncn3n2)cc1. The molecule has 0 radical (unpaired) electrons. The summed E-state index contributed by atoms with van der Waals surface area (Å²) < 4.78 is 9.26. The summed E-state index contributed by atoms with van der Waals surface area (Å²) in [5.74, 6) is 1.83. The van der Waals surface area contributed by atoms with Crippen LogP contribution in [-0.2, 0) is 11.4 Å². The highest BCUT2D eigenvalue weighted by molar-refractivity contribution is 5.95. The first-order valence-corrected chi connectivity index (χ1v) is 11.4. The number of fused-ring (bicyclic) bond motifs is 2. The Morgan fingerprint density at radius 3 is 2.69 bits per heavy atom. The van der Waals surface area contributed by atoms with Crippen molar-refractivity contribution >= 4 is 17.4 Å². The molecule has 35 heavy (non-hydrogen) atoms. The van der Waals surface area contributed by atoms with E-state index in [-0.39, 0.29) is 11.8 Å². The highest BCUT2D eigenvalue weighted by Crippen LogP contribution is 2.40. The first kappa shape index (κ1) is 21.0. The van der Waals surface area contributed by atoms with E-state index in [1.165, 1.54) is 11.9 Å². The van der Waals surface area contributed by atoms with E-state index < -0.39 is 0 Å². The average Bonchev–Trinajstić information content (AvgIpc) is 3.47. The van der Waals surface area contributed by atoms with Crippen molar-refractivity contribution in [2.24, 2.45) is 0 Å². The zero-order valence-electron chi connectivity index (χ0n) is 19.3. The minimum atomic E-state index is -0.114. The fraction of sp³-hybridized carbons (Fsp3) is 0.192. The van der Waals surface area contributed by atoms with Crippen LogP contribution in [0, 0.1) is 13.8 Å². The van der Waals surface area contributed by atoms with E-state index in [0.717, 1.165) is 28.1 Å². The first-order valence-electron chi connectivity index (χ1n) is 11.4. The lowest BCUT2D eigenvalue weighted by molar-refractivity contribution is -0.116. The summed E-state index contributed by atoms with van der Waals surface area (Å²) in [5, 5.41) is 20.1. The van der Waals surface area contributed by atoms with Crippen molar-refractivity contribution in [2.75, 3.05) is 5.32 Å². The summed E-state index contributed by atoms with van der Waals surface area (Å²) in [7, 11) is 0. The van der Waals surface area contributed by atoms with Crippen molar-refractivity contribution in [3.8, 4) is 11.6 Å². The Bertz CT molecular complexity index is 1550. The number of hydrogen-bond acceptors (Lipinski definition) is 6. The van der Waals surface area contributed by atoms with E-state index in [1.807, 2.05) is 55.5 Å². The predicted octanol–water partition coefficient (Wildman–Crippen LogP) is 3.98. The molecule has 1 aliphatic heterocycles. The number of rotatable bonds is 5. The van der Waals surface area contributed by atoms with Gasteiger partial charge in [-0.15, -0.1) is 15.3 Å². The minimum absolute atomic E-state index is 0.0612. The van der Waals surface area contributed by atoms with Gasteiger partial charge in [0.15, 0.2) is 11.5 Å². The molecule has 9 nitrogen and oxygen atoms in total. The maximum absolute atomic E-state index is 12.7. The second-order valence-corrected chi connectivity index (χ2v) is 8.67. The van der Waals surface area contributed by atoms with Gasteiger partial charge in [-0.05, 0) is 54.8 Å². The topological polar surface area (TPSA) is 99.2 Å². The van der Waals surface area contributed by atoms with Gasteiger partial charge in [-0.2, -0.15) is 14.3 Å². The van der Waals surface area contributed by atoms with Gasteiger partial charge >= 0.3 is 0 Å². The smallest absolute Gasteiger partial charge is 0.226 e. The Kier molecular flexibility index (Phi) is 5.02. The van der Waals surface area contributed by atoms with Gasteiger partial charge in [0.1, 0.15) is 24.5 Å². The van der Waals surface area contributed by atoms with Crippen LogP contribution >= 0.6 is 0 Å². The van der Waals surface area contributed by atoms with Crippen LogP contribution < -0.4 is 10.1 Å². The molecule has 0 unspecified atom stereocenters. The van der Waals surface area contributed by atoms with Crippen LogP contribution in [0.4, 0.5) is 5.82 Å². The highest BCUT2D eigenvalue weighted by Gasteiger charge is 2.33. The van der Waals surface area contributed by atoms with Gasteiger partial charge in [0.2, 0.25) is 5.91 Å². The fourth-order valence-electron chi connectivity index (χ4n) is 4.56. The Hall–Kier alpha value is -4.53. The van der Waals surface area contributed by atoms with Gasteiger partial charge in [-0.25, -0.2) is 0 Å². The lowest BCUT2D eigenvalue weighted by atomic mass is 9.86. The van der Waals surface area contributed by atoms with Crippen LogP contribution in [0.5, 0.6) is 5.75 Å². The normalized spacial score (nSPS) is 15.1. The summed E-state index contributed by atoms with van der Waals surface area (Å²) in [6.07, 6.45) is 1.88. The van der Waals surface area contributed by atoms with Gasteiger partial charge in [0, 0.05) is 17.9 Å². The number of nitrogens with zero attached hydrogens (tertiary/aromatic N) is 6. The van der Waals surface area contributed by atoms with Crippen molar-refractivity contribution in [1.82, 2.24) is 29.6 Å². The standard InChI is InChI=1S/C26H23N7O2/c1-16-5-3-4-6-19(16)14-35-20-9-7-18(8-10-20)21-13-24(34)28-26-25(21)17(2)30-33(26)23-12-11-22-29-27-15-32(22)31-23/h3-12,15,21H,13-14H2,1-2H3,(H,28,34)/t21-/m1/s1. The maximum Gasteiger partial charge on any atom is 0.226 e. The number of amides is 1. The quantitative estimate of drug-likeness (QED) is 0.422. The summed E-state index contributed by atoms with van der Waals surface area (Å²) in [6.45, 7) is 4.55. The molecule has 1 amide bonds. The molecule has 0 aliphatic carbocycles. The Labute approximate surface area is 201 Å². The van der Waals surface area contributed by atoms with Crippen LogP contribution in [0.2, 0.25) is 0 Å². The molecule has 0 bridgehead atoms. The van der Waals surface area contributed by atoms with E-state index in [1.54, 1.807) is 9.20 Å². The molecule has 0 spiro atoms. The van der Waals surface area contributed by atoms with Gasteiger partial charge in [0.05, 0.1) is 5.69 Å². The van der Waals surface area contributed by atoms with Crippen molar-refractivity contribution < 1.29 is 9.53 Å². The Morgan fingerprint density at radius 2 is 1.86 bits per heavy atom. The van der Waals surface area contributed by atoms with Gasteiger partial charge in [-0.3, -0.25) is 4.79 Å². The summed E-state index contributed by atoms with van der Waals surface area (Å²) >= 11 is 0. The number of anilines is 1. The molecular formula is C26H23N7O2. The van der Waals surface area contributed by atoms with Crippen LogP contribution in [0.25, 0.3) is 11.5 Å². The molecule has 1 aliphatic rings. The largest absolute Gasteiger partial charge is 0.489 e. The van der Waals surface area contributed by atoms with Crippen LogP contribution in [-0.4, -0.2) is 35.5 Å².